The minimum atomic E-state index is -3.31. The van der Waals surface area contributed by atoms with Crippen molar-refractivity contribution in [3.8, 4) is 0 Å². The smallest absolute Gasteiger partial charge is 0.219 e. The van der Waals surface area contributed by atoms with E-state index in [-0.39, 0.29) is 17.7 Å². The van der Waals surface area contributed by atoms with Gasteiger partial charge in [-0.05, 0) is 46.5 Å². The van der Waals surface area contributed by atoms with Crippen molar-refractivity contribution < 1.29 is 13.2 Å². The Hall–Kier alpha value is -0.420. The molecule has 2 atom stereocenters. The van der Waals surface area contributed by atoms with Crippen molar-refractivity contribution >= 4 is 15.8 Å². The molecular weight excluding hydrogens is 250 g/mol. The molecule has 0 bridgehead atoms. The molecule has 5 heteroatoms. The summed E-state index contributed by atoms with van der Waals surface area (Å²) in [6.07, 6.45) is 4.13. The summed E-state index contributed by atoms with van der Waals surface area (Å²) in [5.74, 6) is 0.209. The SMILES string of the molecule is CC(C)(C)S(=O)(=O)N1CCCC1C1CCCC1=O. The average molecular weight is 273 g/mol. The lowest BCUT2D eigenvalue weighted by Gasteiger charge is -2.33. The van der Waals surface area contributed by atoms with Crippen LogP contribution in [0.15, 0.2) is 0 Å². The van der Waals surface area contributed by atoms with E-state index in [1.165, 1.54) is 0 Å². The fourth-order valence-corrected chi connectivity index (χ4v) is 4.75. The van der Waals surface area contributed by atoms with Crippen molar-refractivity contribution in [2.24, 2.45) is 5.92 Å². The molecule has 2 rings (SSSR count). The number of rotatable bonds is 2. The molecule has 0 spiro atoms. The lowest BCUT2D eigenvalue weighted by molar-refractivity contribution is -0.121. The molecule has 1 saturated heterocycles. The van der Waals surface area contributed by atoms with E-state index in [1.54, 1.807) is 25.1 Å². The predicted octanol–water partition coefficient (Wildman–Crippen LogP) is 1.95. The van der Waals surface area contributed by atoms with Crippen molar-refractivity contribution in [2.45, 2.75) is 63.7 Å². The first-order valence-electron chi connectivity index (χ1n) is 6.79. The van der Waals surface area contributed by atoms with Gasteiger partial charge in [-0.15, -0.1) is 0 Å². The first kappa shape index (κ1) is 14.0. The van der Waals surface area contributed by atoms with Crippen LogP contribution >= 0.6 is 0 Å². The van der Waals surface area contributed by atoms with Gasteiger partial charge >= 0.3 is 0 Å². The van der Waals surface area contributed by atoms with Gasteiger partial charge in [0.15, 0.2) is 0 Å². The van der Waals surface area contributed by atoms with Crippen molar-refractivity contribution in [3.05, 3.63) is 0 Å². The Balaban J connectivity index is 2.26. The second kappa shape index (κ2) is 4.60. The van der Waals surface area contributed by atoms with Crippen LogP contribution in [0.4, 0.5) is 0 Å². The van der Waals surface area contributed by atoms with Gasteiger partial charge in [-0.3, -0.25) is 4.79 Å². The highest BCUT2D eigenvalue weighted by molar-refractivity contribution is 7.90. The summed E-state index contributed by atoms with van der Waals surface area (Å²) in [6.45, 7) is 5.77. The molecule has 0 aromatic rings. The van der Waals surface area contributed by atoms with E-state index in [0.29, 0.717) is 13.0 Å². The average Bonchev–Trinajstić information content (AvgIpc) is 2.83. The number of carbonyl (C=O) groups excluding carboxylic acids is 1. The summed E-state index contributed by atoms with van der Waals surface area (Å²) in [5, 5.41) is 0. The highest BCUT2D eigenvalue weighted by Gasteiger charge is 2.46. The van der Waals surface area contributed by atoms with Crippen LogP contribution in [-0.4, -0.2) is 35.8 Å². The number of ketones is 1. The quantitative estimate of drug-likeness (QED) is 0.772. The summed E-state index contributed by atoms with van der Waals surface area (Å²) in [7, 11) is -3.31. The van der Waals surface area contributed by atoms with Gasteiger partial charge < -0.3 is 0 Å². The van der Waals surface area contributed by atoms with Gasteiger partial charge in [0, 0.05) is 24.9 Å². The topological polar surface area (TPSA) is 54.5 Å². The van der Waals surface area contributed by atoms with Crippen LogP contribution in [0.1, 0.15) is 52.9 Å². The monoisotopic (exact) mass is 273 g/mol. The first-order valence-corrected chi connectivity index (χ1v) is 8.23. The number of hydrogen-bond donors (Lipinski definition) is 0. The third-order valence-corrected chi connectivity index (χ3v) is 6.77. The van der Waals surface area contributed by atoms with Crippen LogP contribution in [0.25, 0.3) is 0 Å². The van der Waals surface area contributed by atoms with Crippen LogP contribution in [0, 0.1) is 5.92 Å². The minimum absolute atomic E-state index is 0.0513. The maximum absolute atomic E-state index is 12.5. The number of nitrogens with zero attached hydrogens (tertiary/aromatic N) is 1. The Morgan fingerprint density at radius 3 is 2.33 bits per heavy atom. The molecule has 0 aromatic heterocycles. The van der Waals surface area contributed by atoms with Crippen LogP contribution in [0.3, 0.4) is 0 Å². The summed E-state index contributed by atoms with van der Waals surface area (Å²) < 4.78 is 25.9. The van der Waals surface area contributed by atoms with Gasteiger partial charge in [0.2, 0.25) is 10.0 Å². The zero-order valence-electron chi connectivity index (χ0n) is 11.5. The molecule has 0 radical (unpaired) electrons. The number of carbonyl (C=O) groups is 1. The van der Waals surface area contributed by atoms with E-state index in [0.717, 1.165) is 25.7 Å². The molecule has 2 fully saturated rings. The number of sulfonamides is 1. The maximum atomic E-state index is 12.5. The fourth-order valence-electron chi connectivity index (χ4n) is 3.07. The number of hydrogen-bond acceptors (Lipinski definition) is 3. The summed E-state index contributed by atoms with van der Waals surface area (Å²) >= 11 is 0. The summed E-state index contributed by atoms with van der Waals surface area (Å²) in [6, 6.07) is -0.0794. The predicted molar refractivity (Wildman–Crippen MR) is 70.7 cm³/mol. The van der Waals surface area contributed by atoms with E-state index in [9.17, 15) is 13.2 Å². The third-order valence-electron chi connectivity index (χ3n) is 4.15. The van der Waals surface area contributed by atoms with Gasteiger partial charge in [-0.25, -0.2) is 8.42 Å². The molecule has 0 amide bonds. The number of Topliss-reactive ketones (excluding diaryl/α,β-unsaturated/α-hetero) is 1. The Morgan fingerprint density at radius 2 is 1.83 bits per heavy atom. The molecule has 18 heavy (non-hydrogen) atoms. The fraction of sp³-hybridized carbons (Fsp3) is 0.923. The lowest BCUT2D eigenvalue weighted by Crippen LogP contribution is -2.48. The lowest BCUT2D eigenvalue weighted by atomic mass is 9.96. The zero-order chi connectivity index (χ0) is 13.6. The Labute approximate surface area is 110 Å². The van der Waals surface area contributed by atoms with Crippen molar-refractivity contribution in [3.63, 3.8) is 0 Å². The molecule has 1 aliphatic heterocycles. The normalized spacial score (nSPS) is 31.2. The largest absolute Gasteiger partial charge is 0.299 e. The first-order chi connectivity index (χ1) is 8.25. The molecule has 0 N–H and O–H groups in total. The van der Waals surface area contributed by atoms with Gasteiger partial charge in [0.25, 0.3) is 0 Å². The van der Waals surface area contributed by atoms with Gasteiger partial charge in [0.05, 0.1) is 4.75 Å². The standard InChI is InChI=1S/C13H23NO3S/c1-13(2,3)18(16,17)14-9-5-7-11(14)10-6-4-8-12(10)15/h10-11H,4-9H2,1-3H3. The highest BCUT2D eigenvalue weighted by Crippen LogP contribution is 2.37. The van der Waals surface area contributed by atoms with Gasteiger partial charge in [0.1, 0.15) is 5.78 Å². The third kappa shape index (κ3) is 2.23. The second-order valence-corrected chi connectivity index (χ2v) is 9.05. The molecule has 2 aliphatic rings. The molecule has 4 nitrogen and oxygen atoms in total. The summed E-state index contributed by atoms with van der Waals surface area (Å²) in [5.41, 5.74) is 0. The molecule has 104 valence electrons. The molecule has 0 aromatic carbocycles. The van der Waals surface area contributed by atoms with Crippen molar-refractivity contribution in [2.75, 3.05) is 6.54 Å². The molecule has 1 aliphatic carbocycles. The Bertz CT molecular complexity index is 436. The van der Waals surface area contributed by atoms with E-state index in [4.69, 9.17) is 0 Å². The van der Waals surface area contributed by atoms with Crippen LogP contribution in [0.2, 0.25) is 0 Å². The van der Waals surface area contributed by atoms with Crippen molar-refractivity contribution in [1.29, 1.82) is 0 Å². The summed E-state index contributed by atoms with van der Waals surface area (Å²) in [4.78, 5) is 11.9. The van der Waals surface area contributed by atoms with E-state index < -0.39 is 14.8 Å². The zero-order valence-corrected chi connectivity index (χ0v) is 12.3. The van der Waals surface area contributed by atoms with E-state index >= 15 is 0 Å². The molecular formula is C13H23NO3S. The minimum Gasteiger partial charge on any atom is -0.299 e. The van der Waals surface area contributed by atoms with Crippen LogP contribution < -0.4 is 0 Å². The molecule has 2 unspecified atom stereocenters. The van der Waals surface area contributed by atoms with Gasteiger partial charge in [-0.1, -0.05) is 0 Å². The molecule has 1 saturated carbocycles. The van der Waals surface area contributed by atoms with Gasteiger partial charge in [-0.2, -0.15) is 4.31 Å². The van der Waals surface area contributed by atoms with Crippen molar-refractivity contribution in [1.82, 2.24) is 4.31 Å². The second-order valence-electron chi connectivity index (χ2n) is 6.40. The Morgan fingerprint density at radius 1 is 1.17 bits per heavy atom. The Kier molecular flexibility index (Phi) is 3.58. The highest BCUT2D eigenvalue weighted by atomic mass is 32.2. The van der Waals surface area contributed by atoms with Crippen LogP contribution in [0.5, 0.6) is 0 Å². The molecule has 1 heterocycles. The van der Waals surface area contributed by atoms with E-state index in [1.807, 2.05) is 0 Å². The maximum Gasteiger partial charge on any atom is 0.219 e. The van der Waals surface area contributed by atoms with Crippen LogP contribution in [-0.2, 0) is 14.8 Å². The van der Waals surface area contributed by atoms with E-state index in [2.05, 4.69) is 0 Å².